The van der Waals surface area contributed by atoms with E-state index in [2.05, 4.69) is 152 Å². The Morgan fingerprint density at radius 2 is 0.978 bits per heavy atom. The molecule has 0 N–H and O–H groups in total. The van der Waals surface area contributed by atoms with Crippen molar-refractivity contribution in [2.75, 3.05) is 0 Å². The molecule has 8 rings (SSSR count). The van der Waals surface area contributed by atoms with Crippen LogP contribution in [0.4, 0.5) is 0 Å². The molecule has 0 atom stereocenters. The van der Waals surface area contributed by atoms with Crippen molar-refractivity contribution in [3.63, 3.8) is 0 Å². The number of aromatic nitrogens is 3. The van der Waals surface area contributed by atoms with E-state index >= 15 is 0 Å². The molecule has 0 amide bonds. The normalized spacial score (nSPS) is 11.2. The fourth-order valence-electron chi connectivity index (χ4n) is 6.31. The molecular formula is C43H31N3. The number of benzene rings is 6. The Labute approximate surface area is 268 Å². The highest BCUT2D eigenvalue weighted by molar-refractivity contribution is 5.95. The topological polar surface area (TPSA) is 38.7 Å². The minimum Gasteiger partial charge on any atom is -0.252 e. The highest BCUT2D eigenvalue weighted by Crippen LogP contribution is 2.33. The minimum absolute atomic E-state index is 0.708. The third-order valence-corrected chi connectivity index (χ3v) is 8.60. The second kappa shape index (κ2) is 11.9. The van der Waals surface area contributed by atoms with E-state index in [4.69, 9.17) is 15.0 Å². The average Bonchev–Trinajstić information content (AvgIpc) is 3.12. The molecule has 218 valence electrons. The Hall–Kier alpha value is -5.93. The number of rotatable bonds is 6. The lowest BCUT2D eigenvalue weighted by atomic mass is 9.96. The van der Waals surface area contributed by atoms with Crippen molar-refractivity contribution in [1.29, 1.82) is 0 Å². The summed E-state index contributed by atoms with van der Waals surface area (Å²) in [6.07, 6.45) is 0.708. The van der Waals surface area contributed by atoms with Crippen LogP contribution < -0.4 is 0 Å². The van der Waals surface area contributed by atoms with E-state index in [0.29, 0.717) is 6.42 Å². The zero-order valence-corrected chi connectivity index (χ0v) is 25.6. The van der Waals surface area contributed by atoms with Crippen LogP contribution in [0.3, 0.4) is 0 Å². The molecule has 0 saturated heterocycles. The summed E-state index contributed by atoms with van der Waals surface area (Å²) < 4.78 is 0. The van der Waals surface area contributed by atoms with Crippen molar-refractivity contribution in [3.05, 3.63) is 175 Å². The predicted octanol–water partition coefficient (Wildman–Crippen LogP) is 10.7. The molecule has 0 radical (unpaired) electrons. The van der Waals surface area contributed by atoms with Crippen LogP contribution in [-0.4, -0.2) is 15.0 Å². The van der Waals surface area contributed by atoms with Gasteiger partial charge in [0.2, 0.25) is 0 Å². The summed E-state index contributed by atoms with van der Waals surface area (Å²) in [6, 6.07) is 55.7. The lowest BCUT2D eigenvalue weighted by molar-refractivity contribution is 1.08. The summed E-state index contributed by atoms with van der Waals surface area (Å²) in [5, 5.41) is 2.20. The number of pyridine rings is 1. The largest absolute Gasteiger partial charge is 0.252 e. The van der Waals surface area contributed by atoms with Crippen LogP contribution in [0.1, 0.15) is 17.1 Å². The van der Waals surface area contributed by atoms with Crippen molar-refractivity contribution >= 4 is 21.8 Å². The molecule has 0 unspecified atom stereocenters. The fraction of sp³-hybridized carbons (Fsp3) is 0.0465. The van der Waals surface area contributed by atoms with Crippen LogP contribution in [-0.2, 0) is 6.42 Å². The van der Waals surface area contributed by atoms with Gasteiger partial charge < -0.3 is 0 Å². The highest BCUT2D eigenvalue weighted by atomic mass is 14.9. The predicted molar refractivity (Wildman–Crippen MR) is 191 cm³/mol. The molecule has 0 aliphatic carbocycles. The molecule has 0 aliphatic rings. The van der Waals surface area contributed by atoms with Gasteiger partial charge in [0.15, 0.2) is 0 Å². The summed E-state index contributed by atoms with van der Waals surface area (Å²) >= 11 is 0. The lowest BCUT2D eigenvalue weighted by Crippen LogP contribution is -1.98. The van der Waals surface area contributed by atoms with Gasteiger partial charge in [0, 0.05) is 28.5 Å². The molecule has 0 aliphatic heterocycles. The lowest BCUT2D eigenvalue weighted by Gasteiger charge is -2.12. The van der Waals surface area contributed by atoms with Gasteiger partial charge >= 0.3 is 0 Å². The van der Waals surface area contributed by atoms with E-state index in [0.717, 1.165) is 44.6 Å². The molecule has 0 bridgehead atoms. The maximum atomic E-state index is 5.09. The number of aryl methyl sites for hydroxylation is 1. The number of para-hydroxylation sites is 1. The third kappa shape index (κ3) is 5.44. The number of hydrogen-bond acceptors (Lipinski definition) is 3. The SMILES string of the molecule is Cc1nc(-c2ccc(-c3ccccc3)cc2)c2ccc(Cc3cc(-c4ccc(-c5ccccc5)cc4)c4ccccc4n3)cc2n1. The molecule has 3 heteroatoms. The Morgan fingerprint density at radius 1 is 0.413 bits per heavy atom. The molecule has 0 spiro atoms. The Balaban J connectivity index is 1.13. The van der Waals surface area contributed by atoms with Crippen LogP contribution in [0.15, 0.2) is 158 Å². The van der Waals surface area contributed by atoms with E-state index < -0.39 is 0 Å². The van der Waals surface area contributed by atoms with Crippen LogP contribution in [0, 0.1) is 6.92 Å². The van der Waals surface area contributed by atoms with Crippen LogP contribution in [0.5, 0.6) is 0 Å². The molecular weight excluding hydrogens is 558 g/mol. The molecule has 2 heterocycles. The van der Waals surface area contributed by atoms with Gasteiger partial charge in [0.05, 0.1) is 16.7 Å². The number of fused-ring (bicyclic) bond motifs is 2. The molecule has 46 heavy (non-hydrogen) atoms. The molecule has 0 fully saturated rings. The first-order valence-electron chi connectivity index (χ1n) is 15.7. The quantitative estimate of drug-likeness (QED) is 0.194. The first-order chi connectivity index (χ1) is 22.7. The minimum atomic E-state index is 0.708. The van der Waals surface area contributed by atoms with Crippen LogP contribution >= 0.6 is 0 Å². The van der Waals surface area contributed by atoms with Gasteiger partial charge in [-0.1, -0.05) is 140 Å². The zero-order valence-electron chi connectivity index (χ0n) is 25.6. The van der Waals surface area contributed by atoms with Crippen molar-refractivity contribution in [3.8, 4) is 44.6 Å². The van der Waals surface area contributed by atoms with Gasteiger partial charge in [-0.2, -0.15) is 0 Å². The van der Waals surface area contributed by atoms with Gasteiger partial charge in [-0.25, -0.2) is 9.97 Å². The van der Waals surface area contributed by atoms with Gasteiger partial charge in [-0.15, -0.1) is 0 Å². The van der Waals surface area contributed by atoms with Crippen LogP contribution in [0.25, 0.3) is 66.4 Å². The van der Waals surface area contributed by atoms with Crippen molar-refractivity contribution < 1.29 is 0 Å². The molecule has 2 aromatic heterocycles. The smallest absolute Gasteiger partial charge is 0.126 e. The first-order valence-corrected chi connectivity index (χ1v) is 15.7. The molecule has 6 aromatic carbocycles. The molecule has 3 nitrogen and oxygen atoms in total. The highest BCUT2D eigenvalue weighted by Gasteiger charge is 2.13. The molecule has 8 aromatic rings. The van der Waals surface area contributed by atoms with Crippen LogP contribution in [0.2, 0.25) is 0 Å². The van der Waals surface area contributed by atoms with E-state index in [1.807, 2.05) is 13.0 Å². The Kier molecular flexibility index (Phi) is 7.12. The summed E-state index contributed by atoms with van der Waals surface area (Å²) in [4.78, 5) is 14.8. The second-order valence-corrected chi connectivity index (χ2v) is 11.7. The summed E-state index contributed by atoms with van der Waals surface area (Å²) in [5.41, 5.74) is 13.4. The zero-order chi connectivity index (χ0) is 30.9. The summed E-state index contributed by atoms with van der Waals surface area (Å²) in [5.74, 6) is 0.761. The Morgan fingerprint density at radius 3 is 1.65 bits per heavy atom. The summed E-state index contributed by atoms with van der Waals surface area (Å²) in [6.45, 7) is 1.97. The number of hydrogen-bond donors (Lipinski definition) is 0. The van der Waals surface area contributed by atoms with Gasteiger partial charge in [0.25, 0.3) is 0 Å². The monoisotopic (exact) mass is 589 g/mol. The van der Waals surface area contributed by atoms with E-state index in [9.17, 15) is 0 Å². The fourth-order valence-corrected chi connectivity index (χ4v) is 6.31. The summed E-state index contributed by atoms with van der Waals surface area (Å²) in [7, 11) is 0. The molecule has 0 saturated carbocycles. The average molecular weight is 590 g/mol. The van der Waals surface area contributed by atoms with E-state index in [-0.39, 0.29) is 0 Å². The van der Waals surface area contributed by atoms with Gasteiger partial charge in [0.1, 0.15) is 5.82 Å². The Bertz CT molecular complexity index is 2310. The maximum Gasteiger partial charge on any atom is 0.126 e. The van der Waals surface area contributed by atoms with E-state index in [1.54, 1.807) is 0 Å². The third-order valence-electron chi connectivity index (χ3n) is 8.60. The standard InChI is InChI=1S/C43H31N3/c1-29-44-42-27-30(16-25-39(42)43(45-29)36-23-19-34(20-24-36)32-12-6-3-7-13-32)26-37-28-40(38-14-8-9-15-41(38)46-37)35-21-17-33(18-22-35)31-10-4-2-5-11-31/h2-25,27-28H,26H2,1H3. The van der Waals surface area contributed by atoms with Gasteiger partial charge in [-0.05, 0) is 64.1 Å². The van der Waals surface area contributed by atoms with Crippen molar-refractivity contribution in [2.24, 2.45) is 0 Å². The van der Waals surface area contributed by atoms with Gasteiger partial charge in [-0.3, -0.25) is 4.98 Å². The second-order valence-electron chi connectivity index (χ2n) is 11.7. The van der Waals surface area contributed by atoms with Crippen molar-refractivity contribution in [2.45, 2.75) is 13.3 Å². The first kappa shape index (κ1) is 27.6. The maximum absolute atomic E-state index is 5.09. The van der Waals surface area contributed by atoms with E-state index in [1.165, 1.54) is 38.9 Å². The van der Waals surface area contributed by atoms with Crippen molar-refractivity contribution in [1.82, 2.24) is 15.0 Å². The number of nitrogens with zero attached hydrogens (tertiary/aromatic N) is 3.